The van der Waals surface area contributed by atoms with Crippen molar-refractivity contribution in [3.8, 4) is 0 Å². The van der Waals surface area contributed by atoms with Crippen LogP contribution in [0.5, 0.6) is 0 Å². The van der Waals surface area contributed by atoms with Crippen LogP contribution in [0.2, 0.25) is 0 Å². The molecule has 1 heterocycles. The van der Waals surface area contributed by atoms with Crippen molar-refractivity contribution in [3.05, 3.63) is 23.5 Å². The van der Waals surface area contributed by atoms with E-state index in [0.29, 0.717) is 5.41 Å². The maximum atomic E-state index is 6.31. The van der Waals surface area contributed by atoms with Gasteiger partial charge < -0.3 is 15.2 Å². The highest BCUT2D eigenvalue weighted by Crippen LogP contribution is 2.39. The predicted octanol–water partition coefficient (Wildman–Crippen LogP) is 2.80. The fourth-order valence-corrected chi connectivity index (χ4v) is 3.21. The van der Waals surface area contributed by atoms with E-state index < -0.39 is 0 Å². The van der Waals surface area contributed by atoms with Gasteiger partial charge in [0.2, 0.25) is 0 Å². The number of aromatic nitrogens is 1. The van der Waals surface area contributed by atoms with Gasteiger partial charge in [-0.2, -0.15) is 0 Å². The van der Waals surface area contributed by atoms with Crippen LogP contribution in [0.4, 0.5) is 0 Å². The molecule has 0 aliphatic heterocycles. The van der Waals surface area contributed by atoms with E-state index >= 15 is 0 Å². The van der Waals surface area contributed by atoms with E-state index in [1.54, 1.807) is 0 Å². The summed E-state index contributed by atoms with van der Waals surface area (Å²) in [6, 6.07) is 2.46. The Morgan fingerprint density at radius 1 is 1.37 bits per heavy atom. The Balaban J connectivity index is 2.00. The van der Waals surface area contributed by atoms with E-state index in [2.05, 4.69) is 49.7 Å². The second-order valence-corrected chi connectivity index (χ2v) is 7.07. The second-order valence-electron chi connectivity index (χ2n) is 7.07. The molecule has 0 saturated carbocycles. The summed E-state index contributed by atoms with van der Waals surface area (Å²) in [7, 11) is 4.28. The van der Waals surface area contributed by atoms with Crippen LogP contribution in [-0.4, -0.2) is 30.1 Å². The molecule has 1 atom stereocenters. The fourth-order valence-electron chi connectivity index (χ4n) is 3.21. The summed E-state index contributed by atoms with van der Waals surface area (Å²) in [5.74, 6) is 0. The number of rotatable bonds is 5. The molecule has 1 unspecified atom stereocenters. The number of nitrogens with two attached hydrogens (primary N) is 1. The van der Waals surface area contributed by atoms with Crippen LogP contribution in [0.15, 0.2) is 12.3 Å². The molecule has 108 valence electrons. The largest absolute Gasteiger partial charge is 0.351 e. The first kappa shape index (κ1) is 14.6. The van der Waals surface area contributed by atoms with Crippen LogP contribution in [-0.2, 0) is 13.0 Å². The van der Waals surface area contributed by atoms with Crippen LogP contribution < -0.4 is 5.73 Å². The highest BCUT2D eigenvalue weighted by molar-refractivity contribution is 5.30. The van der Waals surface area contributed by atoms with E-state index in [1.807, 2.05) is 0 Å². The van der Waals surface area contributed by atoms with Crippen LogP contribution >= 0.6 is 0 Å². The Kier molecular flexibility index (Phi) is 4.36. The van der Waals surface area contributed by atoms with Gasteiger partial charge in [-0.25, -0.2) is 0 Å². The highest BCUT2D eigenvalue weighted by Gasteiger charge is 2.32. The lowest BCUT2D eigenvalue weighted by molar-refractivity contribution is 0.274. The Hall–Kier alpha value is -0.800. The van der Waals surface area contributed by atoms with Gasteiger partial charge in [0, 0.05) is 24.5 Å². The molecule has 0 saturated heterocycles. The Labute approximate surface area is 117 Å². The van der Waals surface area contributed by atoms with Crippen molar-refractivity contribution in [1.82, 2.24) is 9.47 Å². The topological polar surface area (TPSA) is 34.2 Å². The molecule has 0 amide bonds. The van der Waals surface area contributed by atoms with Crippen LogP contribution in [0.25, 0.3) is 0 Å². The molecule has 1 aromatic rings. The van der Waals surface area contributed by atoms with Gasteiger partial charge >= 0.3 is 0 Å². The van der Waals surface area contributed by atoms with Gasteiger partial charge in [-0.15, -0.1) is 0 Å². The number of hydrogen-bond donors (Lipinski definition) is 1. The Morgan fingerprint density at radius 3 is 2.79 bits per heavy atom. The average Bonchev–Trinajstić information content (AvgIpc) is 2.66. The SMILES string of the molecule is CN(C)CCCCn1ccc2c1CC(C)(C)CC2N. The number of unbranched alkanes of at least 4 members (excludes halogenated alkanes) is 1. The summed E-state index contributed by atoms with van der Waals surface area (Å²) in [5.41, 5.74) is 9.51. The normalized spacial score (nSPS) is 21.7. The quantitative estimate of drug-likeness (QED) is 0.829. The molecular weight excluding hydrogens is 234 g/mol. The molecule has 2 N–H and O–H groups in total. The lowest BCUT2D eigenvalue weighted by Gasteiger charge is -2.34. The van der Waals surface area contributed by atoms with Crippen LogP contribution in [0.1, 0.15) is 50.4 Å². The minimum Gasteiger partial charge on any atom is -0.351 e. The van der Waals surface area contributed by atoms with Crippen molar-refractivity contribution in [2.75, 3.05) is 20.6 Å². The number of fused-ring (bicyclic) bond motifs is 1. The lowest BCUT2D eigenvalue weighted by Crippen LogP contribution is -2.30. The zero-order valence-electron chi connectivity index (χ0n) is 12.9. The van der Waals surface area contributed by atoms with Crippen molar-refractivity contribution >= 4 is 0 Å². The van der Waals surface area contributed by atoms with E-state index in [9.17, 15) is 0 Å². The molecule has 2 rings (SSSR count). The van der Waals surface area contributed by atoms with E-state index in [1.165, 1.54) is 30.6 Å². The second kappa shape index (κ2) is 5.68. The van der Waals surface area contributed by atoms with Crippen molar-refractivity contribution in [2.24, 2.45) is 11.1 Å². The first-order chi connectivity index (χ1) is 8.89. The van der Waals surface area contributed by atoms with E-state index in [4.69, 9.17) is 5.73 Å². The van der Waals surface area contributed by atoms with Gasteiger partial charge in [0.15, 0.2) is 0 Å². The third kappa shape index (κ3) is 3.61. The summed E-state index contributed by atoms with van der Waals surface area (Å²) in [6.07, 6.45) is 7.01. The third-order valence-electron chi connectivity index (χ3n) is 4.19. The number of nitrogens with zero attached hydrogens (tertiary/aromatic N) is 2. The molecular formula is C16H29N3. The first-order valence-corrected chi connectivity index (χ1v) is 7.47. The summed E-state index contributed by atoms with van der Waals surface area (Å²) in [6.45, 7) is 6.97. The van der Waals surface area contributed by atoms with Gasteiger partial charge in [0.05, 0.1) is 0 Å². The van der Waals surface area contributed by atoms with E-state index in [0.717, 1.165) is 19.4 Å². The maximum Gasteiger partial charge on any atom is 0.0318 e. The summed E-state index contributed by atoms with van der Waals surface area (Å²) >= 11 is 0. The zero-order chi connectivity index (χ0) is 14.0. The van der Waals surface area contributed by atoms with Crippen molar-refractivity contribution in [2.45, 2.75) is 52.1 Å². The van der Waals surface area contributed by atoms with Gasteiger partial charge in [-0.3, -0.25) is 0 Å². The summed E-state index contributed by atoms with van der Waals surface area (Å²) in [5, 5.41) is 0. The Bertz CT molecular complexity index is 418. The van der Waals surface area contributed by atoms with Crippen molar-refractivity contribution in [1.29, 1.82) is 0 Å². The number of hydrogen-bond acceptors (Lipinski definition) is 2. The minimum absolute atomic E-state index is 0.224. The molecule has 0 fully saturated rings. The standard InChI is InChI=1S/C16H29N3/c1-16(2)11-14(17)13-7-10-19(15(13)12-16)9-6-5-8-18(3)4/h7,10,14H,5-6,8-9,11-12,17H2,1-4H3. The highest BCUT2D eigenvalue weighted by atomic mass is 15.0. The summed E-state index contributed by atoms with van der Waals surface area (Å²) in [4.78, 5) is 2.25. The molecule has 1 aliphatic carbocycles. The molecule has 3 nitrogen and oxygen atoms in total. The smallest absolute Gasteiger partial charge is 0.0318 e. The van der Waals surface area contributed by atoms with Gasteiger partial charge in [-0.1, -0.05) is 13.8 Å². The first-order valence-electron chi connectivity index (χ1n) is 7.47. The van der Waals surface area contributed by atoms with Gasteiger partial charge in [0.1, 0.15) is 0 Å². The van der Waals surface area contributed by atoms with Crippen molar-refractivity contribution < 1.29 is 0 Å². The molecule has 3 heteroatoms. The minimum atomic E-state index is 0.224. The molecule has 0 radical (unpaired) electrons. The molecule has 1 aliphatic rings. The molecule has 0 bridgehead atoms. The maximum absolute atomic E-state index is 6.31. The lowest BCUT2D eigenvalue weighted by atomic mass is 9.74. The average molecular weight is 263 g/mol. The van der Waals surface area contributed by atoms with Gasteiger partial charge in [-0.05, 0) is 63.4 Å². The fraction of sp³-hybridized carbons (Fsp3) is 0.750. The van der Waals surface area contributed by atoms with Crippen LogP contribution in [0.3, 0.4) is 0 Å². The predicted molar refractivity (Wildman–Crippen MR) is 81.3 cm³/mol. The Morgan fingerprint density at radius 2 is 2.11 bits per heavy atom. The third-order valence-corrected chi connectivity index (χ3v) is 4.19. The van der Waals surface area contributed by atoms with Gasteiger partial charge in [0.25, 0.3) is 0 Å². The molecule has 0 spiro atoms. The summed E-state index contributed by atoms with van der Waals surface area (Å²) < 4.78 is 2.44. The molecule has 0 aromatic carbocycles. The van der Waals surface area contributed by atoms with Crippen molar-refractivity contribution in [3.63, 3.8) is 0 Å². The number of aryl methyl sites for hydroxylation is 1. The van der Waals surface area contributed by atoms with Crippen LogP contribution in [0, 0.1) is 5.41 Å². The monoisotopic (exact) mass is 263 g/mol. The molecule has 1 aromatic heterocycles. The van der Waals surface area contributed by atoms with E-state index in [-0.39, 0.29) is 6.04 Å². The molecule has 19 heavy (non-hydrogen) atoms. The zero-order valence-corrected chi connectivity index (χ0v) is 12.9.